The number of anilines is 2. The lowest BCUT2D eigenvalue weighted by atomic mass is 10.1. The maximum Gasteiger partial charge on any atom is 0.224 e. The highest BCUT2D eigenvalue weighted by Crippen LogP contribution is 2.31. The molecule has 0 aliphatic carbocycles. The van der Waals surface area contributed by atoms with Crippen LogP contribution >= 0.6 is 0 Å². The first-order chi connectivity index (χ1) is 11.1. The van der Waals surface area contributed by atoms with Crippen LogP contribution in [0.2, 0.25) is 0 Å². The van der Waals surface area contributed by atoms with Crippen molar-refractivity contribution >= 4 is 17.4 Å². The molecule has 120 valence electrons. The van der Waals surface area contributed by atoms with Gasteiger partial charge in [-0.25, -0.2) is 4.98 Å². The van der Waals surface area contributed by atoms with Gasteiger partial charge in [0.05, 0.1) is 5.69 Å². The lowest BCUT2D eigenvalue weighted by molar-refractivity contribution is -0.116. The summed E-state index contributed by atoms with van der Waals surface area (Å²) in [5.74, 6) is 1.80. The molecule has 0 radical (unpaired) electrons. The molecule has 0 fully saturated rings. The molecule has 1 N–H and O–H groups in total. The van der Waals surface area contributed by atoms with Crippen LogP contribution in [0.3, 0.4) is 0 Å². The second kappa shape index (κ2) is 6.69. The summed E-state index contributed by atoms with van der Waals surface area (Å²) in [5.41, 5.74) is 2.81. The van der Waals surface area contributed by atoms with Gasteiger partial charge in [-0.15, -0.1) is 0 Å². The molecule has 1 aromatic heterocycles. The molecular weight excluding hydrogens is 290 g/mol. The Kier molecular flexibility index (Phi) is 4.46. The number of hydrogen-bond acceptors (Lipinski definition) is 4. The summed E-state index contributed by atoms with van der Waals surface area (Å²) >= 11 is 0. The Hall–Kier alpha value is -2.56. The van der Waals surface area contributed by atoms with Crippen LogP contribution in [-0.4, -0.2) is 25.0 Å². The summed E-state index contributed by atoms with van der Waals surface area (Å²) in [6.45, 7) is 0.409. The van der Waals surface area contributed by atoms with Gasteiger partial charge in [0.15, 0.2) is 0 Å². The standard InChI is InChI=1S/C18H21N3O2/c1-21(2)17-10-3-6-13(19-17)12-23-16-9-5-8-15-14(16)7-4-11-18(22)20-15/h3,5-6,8-10H,4,7,11-12H2,1-2H3,(H,20,22). The number of carbonyl (C=O) groups excluding carboxylic acids is 1. The number of nitrogens with one attached hydrogen (secondary N) is 1. The summed E-state index contributed by atoms with van der Waals surface area (Å²) in [5, 5.41) is 2.94. The number of aromatic nitrogens is 1. The molecule has 5 heteroatoms. The Morgan fingerprint density at radius 2 is 2.00 bits per heavy atom. The van der Waals surface area contributed by atoms with Crippen molar-refractivity contribution in [3.8, 4) is 5.75 Å². The summed E-state index contributed by atoms with van der Waals surface area (Å²) in [4.78, 5) is 18.2. The van der Waals surface area contributed by atoms with Crippen molar-refractivity contribution in [3.05, 3.63) is 47.7 Å². The molecule has 0 saturated carbocycles. The molecule has 2 aromatic rings. The van der Waals surface area contributed by atoms with E-state index < -0.39 is 0 Å². The fraction of sp³-hybridized carbons (Fsp3) is 0.333. The zero-order chi connectivity index (χ0) is 16.2. The van der Waals surface area contributed by atoms with Crippen LogP contribution in [0.1, 0.15) is 24.1 Å². The third-order valence-corrected chi connectivity index (χ3v) is 3.86. The molecule has 1 aliphatic heterocycles. The van der Waals surface area contributed by atoms with Gasteiger partial charge in [0.2, 0.25) is 5.91 Å². The van der Waals surface area contributed by atoms with E-state index in [1.807, 2.05) is 55.4 Å². The average molecular weight is 311 g/mol. The van der Waals surface area contributed by atoms with Gasteiger partial charge >= 0.3 is 0 Å². The molecule has 3 rings (SSSR count). The van der Waals surface area contributed by atoms with Crippen molar-refractivity contribution in [3.63, 3.8) is 0 Å². The molecule has 5 nitrogen and oxygen atoms in total. The van der Waals surface area contributed by atoms with E-state index in [0.29, 0.717) is 13.0 Å². The number of ether oxygens (including phenoxy) is 1. The van der Waals surface area contributed by atoms with Crippen molar-refractivity contribution in [1.29, 1.82) is 0 Å². The summed E-state index contributed by atoms with van der Waals surface area (Å²) in [7, 11) is 3.93. The molecule has 23 heavy (non-hydrogen) atoms. The zero-order valence-electron chi connectivity index (χ0n) is 13.5. The number of pyridine rings is 1. The fourth-order valence-corrected chi connectivity index (χ4v) is 2.66. The Morgan fingerprint density at radius 1 is 1.17 bits per heavy atom. The highest BCUT2D eigenvalue weighted by atomic mass is 16.5. The van der Waals surface area contributed by atoms with Crippen molar-refractivity contribution in [1.82, 2.24) is 4.98 Å². The zero-order valence-corrected chi connectivity index (χ0v) is 13.5. The number of rotatable bonds is 4. The second-order valence-electron chi connectivity index (χ2n) is 5.85. The second-order valence-corrected chi connectivity index (χ2v) is 5.85. The van der Waals surface area contributed by atoms with E-state index in [9.17, 15) is 4.79 Å². The minimum absolute atomic E-state index is 0.0706. The third-order valence-electron chi connectivity index (χ3n) is 3.86. The largest absolute Gasteiger partial charge is 0.487 e. The molecule has 0 bridgehead atoms. The topological polar surface area (TPSA) is 54.5 Å². The van der Waals surface area contributed by atoms with Crippen molar-refractivity contribution in [2.75, 3.05) is 24.3 Å². The van der Waals surface area contributed by atoms with Gasteiger partial charge in [-0.05, 0) is 37.1 Å². The van der Waals surface area contributed by atoms with E-state index in [1.165, 1.54) is 0 Å². The molecule has 0 atom stereocenters. The van der Waals surface area contributed by atoms with Gasteiger partial charge < -0.3 is 15.0 Å². The fourth-order valence-electron chi connectivity index (χ4n) is 2.66. The Labute approximate surface area is 136 Å². The van der Waals surface area contributed by atoms with Crippen molar-refractivity contribution in [2.24, 2.45) is 0 Å². The smallest absolute Gasteiger partial charge is 0.224 e. The summed E-state index contributed by atoms with van der Waals surface area (Å²) < 4.78 is 5.98. The van der Waals surface area contributed by atoms with E-state index >= 15 is 0 Å². The van der Waals surface area contributed by atoms with E-state index in [4.69, 9.17) is 4.74 Å². The molecule has 1 amide bonds. The quantitative estimate of drug-likeness (QED) is 0.943. The van der Waals surface area contributed by atoms with E-state index in [0.717, 1.165) is 41.4 Å². The first-order valence-electron chi connectivity index (χ1n) is 7.81. The minimum Gasteiger partial charge on any atom is -0.487 e. The highest BCUT2D eigenvalue weighted by Gasteiger charge is 2.16. The average Bonchev–Trinajstić information content (AvgIpc) is 2.74. The molecule has 0 unspecified atom stereocenters. The molecule has 1 aromatic carbocycles. The predicted octanol–water partition coefficient (Wildman–Crippen LogP) is 3.00. The van der Waals surface area contributed by atoms with Crippen molar-refractivity contribution < 1.29 is 9.53 Å². The van der Waals surface area contributed by atoms with Crippen LogP contribution in [0, 0.1) is 0 Å². The SMILES string of the molecule is CN(C)c1cccc(COc2cccc3c2CCCC(=O)N3)n1. The number of nitrogens with zero attached hydrogens (tertiary/aromatic N) is 2. The Balaban J connectivity index is 1.77. The molecular formula is C18H21N3O2. The van der Waals surface area contributed by atoms with Gasteiger partial charge in [-0.1, -0.05) is 12.1 Å². The number of amides is 1. The molecule has 2 heterocycles. The van der Waals surface area contributed by atoms with Crippen LogP contribution < -0.4 is 15.0 Å². The lowest BCUT2D eigenvalue weighted by Crippen LogP contribution is -2.12. The van der Waals surface area contributed by atoms with Crippen LogP contribution in [0.15, 0.2) is 36.4 Å². The maximum absolute atomic E-state index is 11.7. The van der Waals surface area contributed by atoms with Crippen LogP contribution in [-0.2, 0) is 17.8 Å². The van der Waals surface area contributed by atoms with Crippen LogP contribution in [0.5, 0.6) is 5.75 Å². The predicted molar refractivity (Wildman–Crippen MR) is 90.9 cm³/mol. The normalized spacial score (nSPS) is 13.7. The number of carbonyl (C=O) groups is 1. The summed E-state index contributed by atoms with van der Waals surface area (Å²) in [6.07, 6.45) is 2.24. The minimum atomic E-state index is 0.0706. The molecule has 1 aliphatic rings. The number of fused-ring (bicyclic) bond motifs is 1. The monoisotopic (exact) mass is 311 g/mol. The van der Waals surface area contributed by atoms with Crippen LogP contribution in [0.4, 0.5) is 11.5 Å². The first-order valence-corrected chi connectivity index (χ1v) is 7.81. The first kappa shape index (κ1) is 15.3. The third kappa shape index (κ3) is 3.62. The highest BCUT2D eigenvalue weighted by molar-refractivity contribution is 5.92. The van der Waals surface area contributed by atoms with Gasteiger partial charge in [0, 0.05) is 31.8 Å². The number of benzene rings is 1. The summed E-state index contributed by atoms with van der Waals surface area (Å²) in [6, 6.07) is 11.7. The molecule has 0 spiro atoms. The van der Waals surface area contributed by atoms with Gasteiger partial charge in [-0.2, -0.15) is 0 Å². The van der Waals surface area contributed by atoms with Crippen LogP contribution in [0.25, 0.3) is 0 Å². The van der Waals surface area contributed by atoms with E-state index in [2.05, 4.69) is 10.3 Å². The lowest BCUT2D eigenvalue weighted by Gasteiger charge is -2.15. The van der Waals surface area contributed by atoms with Gasteiger partial charge in [0.1, 0.15) is 18.2 Å². The maximum atomic E-state index is 11.7. The van der Waals surface area contributed by atoms with Gasteiger partial charge in [-0.3, -0.25) is 4.79 Å². The van der Waals surface area contributed by atoms with E-state index in [1.54, 1.807) is 0 Å². The van der Waals surface area contributed by atoms with Crippen molar-refractivity contribution in [2.45, 2.75) is 25.9 Å². The Bertz CT molecular complexity index is 713. The van der Waals surface area contributed by atoms with E-state index in [-0.39, 0.29) is 5.91 Å². The van der Waals surface area contributed by atoms with Gasteiger partial charge in [0.25, 0.3) is 0 Å². The molecule has 0 saturated heterocycles. The Morgan fingerprint density at radius 3 is 2.83 bits per heavy atom. The number of hydrogen-bond donors (Lipinski definition) is 1.